The molecule has 5 nitrogen and oxygen atoms in total. The predicted octanol–water partition coefficient (Wildman–Crippen LogP) is 4.82. The summed E-state index contributed by atoms with van der Waals surface area (Å²) < 4.78 is 2.37. The molecule has 1 aliphatic rings. The fourth-order valence-electron chi connectivity index (χ4n) is 4.69. The van der Waals surface area contributed by atoms with Crippen LogP contribution in [0.4, 0.5) is 0 Å². The van der Waals surface area contributed by atoms with Crippen LogP contribution >= 0.6 is 0 Å². The van der Waals surface area contributed by atoms with Crippen molar-refractivity contribution in [2.75, 3.05) is 13.1 Å². The lowest BCUT2D eigenvalue weighted by molar-refractivity contribution is -0.131. The largest absolute Gasteiger partial charge is 0.347 e. The fourth-order valence-corrected chi connectivity index (χ4v) is 4.69. The van der Waals surface area contributed by atoms with E-state index in [0.717, 1.165) is 49.3 Å². The van der Waals surface area contributed by atoms with Crippen molar-refractivity contribution in [2.24, 2.45) is 5.92 Å². The van der Waals surface area contributed by atoms with Crippen LogP contribution in [0.1, 0.15) is 24.1 Å². The molecule has 0 bridgehead atoms. The van der Waals surface area contributed by atoms with Crippen LogP contribution in [0, 0.1) is 12.8 Å². The van der Waals surface area contributed by atoms with Gasteiger partial charge in [0, 0.05) is 48.0 Å². The average molecular weight is 413 g/mol. The van der Waals surface area contributed by atoms with Crippen molar-refractivity contribution < 1.29 is 4.79 Å². The number of fused-ring (bicyclic) bond motifs is 1. The summed E-state index contributed by atoms with van der Waals surface area (Å²) in [5.41, 5.74) is 5.81. The molecule has 1 saturated heterocycles. The fraction of sp³-hybridized carbons (Fsp3) is 0.308. The number of carbonyl (C=O) groups excluding carboxylic acids is 1. The number of aromatic amines is 1. The number of piperidine rings is 1. The minimum absolute atomic E-state index is 0.248. The summed E-state index contributed by atoms with van der Waals surface area (Å²) in [6.45, 7) is 4.78. The summed E-state index contributed by atoms with van der Waals surface area (Å²) in [5, 5.41) is 8.42. The number of hydrogen-bond donors (Lipinski definition) is 1. The van der Waals surface area contributed by atoms with E-state index in [1.165, 1.54) is 16.5 Å². The second-order valence-electron chi connectivity index (χ2n) is 8.64. The van der Waals surface area contributed by atoms with E-state index in [0.29, 0.717) is 12.3 Å². The van der Waals surface area contributed by atoms with Gasteiger partial charge in [-0.3, -0.25) is 9.89 Å². The van der Waals surface area contributed by atoms with E-state index in [9.17, 15) is 4.79 Å². The Morgan fingerprint density at radius 3 is 2.65 bits per heavy atom. The van der Waals surface area contributed by atoms with Crippen LogP contribution in [0.3, 0.4) is 0 Å². The van der Waals surface area contributed by atoms with Crippen molar-refractivity contribution in [1.29, 1.82) is 0 Å². The first-order chi connectivity index (χ1) is 15.2. The first kappa shape index (κ1) is 19.6. The van der Waals surface area contributed by atoms with Gasteiger partial charge in [-0.15, -0.1) is 0 Å². The highest BCUT2D eigenvalue weighted by Gasteiger charge is 2.23. The lowest BCUT2D eigenvalue weighted by atomic mass is 9.96. The number of carbonyl (C=O) groups is 1. The number of amides is 1. The molecular weight excluding hydrogens is 384 g/mol. The molecule has 1 fully saturated rings. The minimum Gasteiger partial charge on any atom is -0.347 e. The summed E-state index contributed by atoms with van der Waals surface area (Å²) in [5.74, 6) is 0.852. The Morgan fingerprint density at radius 1 is 1.10 bits per heavy atom. The van der Waals surface area contributed by atoms with E-state index in [2.05, 4.69) is 52.2 Å². The van der Waals surface area contributed by atoms with E-state index >= 15 is 0 Å². The average Bonchev–Trinajstić information content (AvgIpc) is 3.40. The van der Waals surface area contributed by atoms with Gasteiger partial charge in [0.25, 0.3) is 0 Å². The number of benzene rings is 2. The van der Waals surface area contributed by atoms with Crippen molar-refractivity contribution in [3.8, 4) is 11.1 Å². The molecule has 3 heterocycles. The van der Waals surface area contributed by atoms with Gasteiger partial charge < -0.3 is 9.47 Å². The van der Waals surface area contributed by atoms with Gasteiger partial charge in [-0.2, -0.15) is 5.10 Å². The van der Waals surface area contributed by atoms with Crippen LogP contribution in [0.15, 0.2) is 67.0 Å². The quantitative estimate of drug-likeness (QED) is 0.511. The zero-order chi connectivity index (χ0) is 21.2. The molecule has 31 heavy (non-hydrogen) atoms. The molecule has 1 N–H and O–H groups in total. The number of H-pyrrole nitrogens is 1. The Labute approximate surface area is 182 Å². The maximum absolute atomic E-state index is 12.6. The molecular formula is C26H28N4O. The highest BCUT2D eigenvalue weighted by atomic mass is 16.2. The molecule has 0 atom stereocenters. The van der Waals surface area contributed by atoms with Crippen LogP contribution in [-0.2, 0) is 17.8 Å². The second kappa shape index (κ2) is 8.42. The molecule has 158 valence electrons. The third-order valence-corrected chi connectivity index (χ3v) is 6.53. The lowest BCUT2D eigenvalue weighted by Crippen LogP contribution is -2.40. The Kier molecular flexibility index (Phi) is 5.33. The molecule has 1 amide bonds. The monoisotopic (exact) mass is 412 g/mol. The second-order valence-corrected chi connectivity index (χ2v) is 8.64. The number of nitrogens with zero attached hydrogens (tertiary/aromatic N) is 3. The minimum atomic E-state index is 0.248. The van der Waals surface area contributed by atoms with E-state index in [4.69, 9.17) is 0 Å². The highest BCUT2D eigenvalue weighted by molar-refractivity contribution is 5.86. The van der Waals surface area contributed by atoms with Gasteiger partial charge in [-0.05, 0) is 55.0 Å². The maximum atomic E-state index is 12.6. The van der Waals surface area contributed by atoms with E-state index in [-0.39, 0.29) is 5.91 Å². The van der Waals surface area contributed by atoms with Crippen molar-refractivity contribution in [3.63, 3.8) is 0 Å². The van der Waals surface area contributed by atoms with E-state index in [1.54, 1.807) is 0 Å². The zero-order valence-electron chi connectivity index (χ0n) is 17.9. The van der Waals surface area contributed by atoms with Crippen molar-refractivity contribution in [1.82, 2.24) is 19.7 Å². The van der Waals surface area contributed by atoms with Gasteiger partial charge >= 0.3 is 0 Å². The van der Waals surface area contributed by atoms with Crippen LogP contribution in [0.5, 0.6) is 0 Å². The van der Waals surface area contributed by atoms with Crippen LogP contribution in [0.25, 0.3) is 22.0 Å². The molecule has 5 heteroatoms. The summed E-state index contributed by atoms with van der Waals surface area (Å²) in [6.07, 6.45) is 6.72. The van der Waals surface area contributed by atoms with Gasteiger partial charge in [0.1, 0.15) is 0 Å². The molecule has 2 aromatic carbocycles. The Bertz CT molecular complexity index is 1180. The van der Waals surface area contributed by atoms with Crippen molar-refractivity contribution in [2.45, 2.75) is 32.7 Å². The third-order valence-electron chi connectivity index (χ3n) is 6.53. The van der Waals surface area contributed by atoms with Crippen LogP contribution in [-0.4, -0.2) is 38.7 Å². The first-order valence-corrected chi connectivity index (χ1v) is 11.1. The summed E-state index contributed by atoms with van der Waals surface area (Å²) in [7, 11) is 0. The molecule has 2 aromatic heterocycles. The Morgan fingerprint density at radius 2 is 1.90 bits per heavy atom. The third kappa shape index (κ3) is 4.13. The zero-order valence-corrected chi connectivity index (χ0v) is 17.9. The predicted molar refractivity (Wildman–Crippen MR) is 124 cm³/mol. The molecule has 4 aromatic rings. The van der Waals surface area contributed by atoms with Gasteiger partial charge in [-0.25, -0.2) is 0 Å². The maximum Gasteiger partial charge on any atom is 0.226 e. The van der Waals surface area contributed by atoms with Gasteiger partial charge in [0.05, 0.1) is 12.6 Å². The Hall–Kier alpha value is -3.34. The number of aromatic nitrogens is 3. The summed E-state index contributed by atoms with van der Waals surface area (Å²) in [6, 6.07) is 18.9. The number of likely N-dealkylation sites (tertiary alicyclic amines) is 1. The molecule has 0 spiro atoms. The highest BCUT2D eigenvalue weighted by Crippen LogP contribution is 2.28. The SMILES string of the molecule is Cc1[nH]ncc1-c1ccc2c(ccn2CC2CCN(C(=O)Cc3ccccc3)CC2)c1. The summed E-state index contributed by atoms with van der Waals surface area (Å²) >= 11 is 0. The normalized spacial score (nSPS) is 14.9. The van der Waals surface area contributed by atoms with Crippen LogP contribution < -0.4 is 0 Å². The van der Waals surface area contributed by atoms with Crippen molar-refractivity contribution in [3.05, 3.63) is 78.2 Å². The number of rotatable bonds is 5. The first-order valence-electron chi connectivity index (χ1n) is 11.1. The van der Waals surface area contributed by atoms with E-state index in [1.807, 2.05) is 41.4 Å². The van der Waals surface area contributed by atoms with Crippen LogP contribution in [0.2, 0.25) is 0 Å². The van der Waals surface area contributed by atoms with E-state index < -0.39 is 0 Å². The van der Waals surface area contributed by atoms with Gasteiger partial charge in [0.15, 0.2) is 0 Å². The number of hydrogen-bond acceptors (Lipinski definition) is 2. The Balaban J connectivity index is 1.21. The molecule has 0 unspecified atom stereocenters. The number of nitrogens with one attached hydrogen (secondary N) is 1. The topological polar surface area (TPSA) is 53.9 Å². The lowest BCUT2D eigenvalue weighted by Gasteiger charge is -2.32. The van der Waals surface area contributed by atoms with Crippen molar-refractivity contribution >= 4 is 16.8 Å². The van der Waals surface area contributed by atoms with Gasteiger partial charge in [-0.1, -0.05) is 36.4 Å². The molecule has 1 aliphatic heterocycles. The molecule has 0 saturated carbocycles. The molecule has 0 aliphatic carbocycles. The summed E-state index contributed by atoms with van der Waals surface area (Å²) in [4.78, 5) is 14.7. The molecule has 5 rings (SSSR count). The smallest absolute Gasteiger partial charge is 0.226 e. The number of aryl methyl sites for hydroxylation is 1. The molecule has 0 radical (unpaired) electrons. The van der Waals surface area contributed by atoms with Gasteiger partial charge in [0.2, 0.25) is 5.91 Å². The standard InChI is InChI=1S/C26H28N4O/c1-19-24(17-27-28-19)22-7-8-25-23(16-22)11-14-30(25)18-21-9-12-29(13-10-21)26(31)15-20-5-3-2-4-6-20/h2-8,11,14,16-17,21H,9-10,12-13,15,18H2,1H3,(H,27,28).